The number of aryl methyl sites for hydroxylation is 1. The van der Waals surface area contributed by atoms with Gasteiger partial charge >= 0.3 is 29.6 Å². The van der Waals surface area contributed by atoms with E-state index in [1.807, 2.05) is 37.4 Å². The van der Waals surface area contributed by atoms with E-state index >= 15 is 0 Å². The Morgan fingerprint density at radius 1 is 1.31 bits per heavy atom. The summed E-state index contributed by atoms with van der Waals surface area (Å²) in [4.78, 5) is 0. The molecule has 0 amide bonds. The quantitative estimate of drug-likeness (QED) is 0.496. The van der Waals surface area contributed by atoms with Gasteiger partial charge in [0.05, 0.1) is 7.11 Å². The van der Waals surface area contributed by atoms with Crippen LogP contribution in [0.4, 0.5) is 0 Å². The molecule has 0 radical (unpaired) electrons. The van der Waals surface area contributed by atoms with Gasteiger partial charge in [0.25, 0.3) is 0 Å². The number of nitrogens with zero attached hydrogens (tertiary/aromatic N) is 2. The van der Waals surface area contributed by atoms with Gasteiger partial charge in [0, 0.05) is 6.54 Å². The minimum absolute atomic E-state index is 0. The van der Waals surface area contributed by atoms with E-state index in [0.29, 0.717) is 0 Å². The maximum absolute atomic E-state index is 5.09. The molecule has 0 saturated heterocycles. The summed E-state index contributed by atoms with van der Waals surface area (Å²) in [6.45, 7) is 2.73. The maximum atomic E-state index is 5.09. The first-order valence-electron chi connectivity index (χ1n) is 4.82. The number of methoxy groups -OCH3 is 1. The molecule has 0 N–H and O–H groups in total. The molecule has 4 heteroatoms. The minimum atomic E-state index is 0. The van der Waals surface area contributed by atoms with Crippen molar-refractivity contribution in [2.45, 2.75) is 13.5 Å². The number of hydrogen-bond acceptors (Lipinski definition) is 2. The van der Waals surface area contributed by atoms with Crippen LogP contribution < -0.4 is 34.3 Å². The molecule has 0 aliphatic rings. The first-order valence-corrected chi connectivity index (χ1v) is 4.82. The van der Waals surface area contributed by atoms with E-state index in [1.54, 1.807) is 11.8 Å². The molecule has 78 valence electrons. The standard InChI is InChI=1S/C12H13N2O.Na/c1-10-7-13-14(8-10)9-11-3-5-12(15-2)6-4-11;/h3-7H,9H2,1-2H3;/q-1;+1. The Kier molecular flexibility index (Phi) is 5.06. The van der Waals surface area contributed by atoms with Gasteiger partial charge in [-0.25, -0.2) is 0 Å². The largest absolute Gasteiger partial charge is 1.00 e. The van der Waals surface area contributed by atoms with Gasteiger partial charge in [0.2, 0.25) is 0 Å². The van der Waals surface area contributed by atoms with Crippen LogP contribution in [0.5, 0.6) is 5.75 Å². The third-order valence-corrected chi connectivity index (χ3v) is 2.19. The molecule has 2 aromatic rings. The molecule has 1 aromatic heterocycles. The molecule has 2 rings (SSSR count). The monoisotopic (exact) mass is 224 g/mol. The minimum Gasteiger partial charge on any atom is -0.497 e. The van der Waals surface area contributed by atoms with Crippen LogP contribution in [0.25, 0.3) is 0 Å². The molecular weight excluding hydrogens is 211 g/mol. The van der Waals surface area contributed by atoms with Crippen molar-refractivity contribution in [3.05, 3.63) is 47.8 Å². The van der Waals surface area contributed by atoms with Crippen molar-refractivity contribution in [2.24, 2.45) is 0 Å². The summed E-state index contributed by atoms with van der Waals surface area (Å²) < 4.78 is 6.90. The Morgan fingerprint density at radius 2 is 2.00 bits per heavy atom. The number of rotatable bonds is 3. The molecule has 0 aliphatic carbocycles. The first kappa shape index (κ1) is 13.3. The zero-order chi connectivity index (χ0) is 10.7. The van der Waals surface area contributed by atoms with Crippen LogP contribution in [-0.4, -0.2) is 16.9 Å². The first-order chi connectivity index (χ1) is 7.28. The normalized spacial score (nSPS) is 9.62. The molecule has 0 unspecified atom stereocenters. The summed E-state index contributed by atoms with van der Waals surface area (Å²) in [5.41, 5.74) is 2.25. The molecular formula is C12H13N2NaO. The third-order valence-electron chi connectivity index (χ3n) is 2.19. The van der Waals surface area contributed by atoms with Crippen molar-refractivity contribution < 1.29 is 34.3 Å². The molecule has 0 bridgehead atoms. The van der Waals surface area contributed by atoms with E-state index in [-0.39, 0.29) is 29.6 Å². The second kappa shape index (κ2) is 6.09. The van der Waals surface area contributed by atoms with Crippen LogP contribution in [-0.2, 0) is 6.54 Å². The Hall–Kier alpha value is -0.770. The van der Waals surface area contributed by atoms with Crippen LogP contribution >= 0.6 is 0 Å². The zero-order valence-electron chi connectivity index (χ0n) is 9.90. The van der Waals surface area contributed by atoms with E-state index in [1.165, 1.54) is 5.56 Å². The topological polar surface area (TPSA) is 27.1 Å². The second-order valence-corrected chi connectivity index (χ2v) is 3.45. The number of benzene rings is 1. The predicted molar refractivity (Wildman–Crippen MR) is 57.9 cm³/mol. The van der Waals surface area contributed by atoms with E-state index in [2.05, 4.69) is 11.3 Å². The van der Waals surface area contributed by atoms with Gasteiger partial charge in [0.1, 0.15) is 5.75 Å². The molecule has 1 heterocycles. The van der Waals surface area contributed by atoms with Crippen molar-refractivity contribution in [3.8, 4) is 5.75 Å². The van der Waals surface area contributed by atoms with Crippen LogP contribution in [0.1, 0.15) is 11.1 Å². The SMILES string of the molecule is COc1ccc(Cn2[c-]c(C)cn2)cc1.[Na+]. The molecule has 0 saturated carbocycles. The summed E-state index contributed by atoms with van der Waals surface area (Å²) in [7, 11) is 1.67. The summed E-state index contributed by atoms with van der Waals surface area (Å²) in [5.74, 6) is 0.874. The average Bonchev–Trinajstić information content (AvgIpc) is 2.65. The third kappa shape index (κ3) is 3.37. The number of ether oxygens (including phenoxy) is 1. The van der Waals surface area contributed by atoms with Crippen molar-refractivity contribution in [1.82, 2.24) is 9.78 Å². The van der Waals surface area contributed by atoms with Crippen molar-refractivity contribution in [3.63, 3.8) is 0 Å². The second-order valence-electron chi connectivity index (χ2n) is 3.45. The number of aromatic nitrogens is 2. The van der Waals surface area contributed by atoms with Gasteiger partial charge in [0.15, 0.2) is 0 Å². The van der Waals surface area contributed by atoms with Crippen molar-refractivity contribution in [2.75, 3.05) is 7.11 Å². The van der Waals surface area contributed by atoms with Gasteiger partial charge in [-0.1, -0.05) is 19.1 Å². The van der Waals surface area contributed by atoms with E-state index in [0.717, 1.165) is 17.9 Å². The molecule has 1 aromatic carbocycles. The number of hydrogen-bond donors (Lipinski definition) is 0. The molecule has 3 nitrogen and oxygen atoms in total. The van der Waals surface area contributed by atoms with Crippen LogP contribution in [0.3, 0.4) is 0 Å². The van der Waals surface area contributed by atoms with Crippen molar-refractivity contribution in [1.29, 1.82) is 0 Å². The Morgan fingerprint density at radius 3 is 2.50 bits per heavy atom. The van der Waals surface area contributed by atoms with Gasteiger partial charge < -0.3 is 9.42 Å². The molecule has 0 atom stereocenters. The van der Waals surface area contributed by atoms with Crippen LogP contribution in [0.15, 0.2) is 30.5 Å². The summed E-state index contributed by atoms with van der Waals surface area (Å²) in [5, 5.41) is 4.18. The predicted octanol–water partition coefficient (Wildman–Crippen LogP) is -0.947. The molecule has 0 fully saturated rings. The van der Waals surface area contributed by atoms with E-state index in [4.69, 9.17) is 4.74 Å². The fraction of sp³-hybridized carbons (Fsp3) is 0.250. The molecule has 0 aliphatic heterocycles. The Balaban J connectivity index is 0.00000128. The van der Waals surface area contributed by atoms with Gasteiger partial charge in [-0.15, -0.1) is 12.4 Å². The van der Waals surface area contributed by atoms with Gasteiger partial charge in [-0.05, 0) is 17.7 Å². The molecule has 0 spiro atoms. The fourth-order valence-electron chi connectivity index (χ4n) is 1.40. The Bertz CT molecular complexity index is 437. The van der Waals surface area contributed by atoms with E-state index < -0.39 is 0 Å². The average molecular weight is 224 g/mol. The summed E-state index contributed by atoms with van der Waals surface area (Å²) >= 11 is 0. The van der Waals surface area contributed by atoms with Crippen LogP contribution in [0.2, 0.25) is 0 Å². The zero-order valence-corrected chi connectivity index (χ0v) is 11.9. The fourth-order valence-corrected chi connectivity index (χ4v) is 1.40. The van der Waals surface area contributed by atoms with E-state index in [9.17, 15) is 0 Å². The maximum Gasteiger partial charge on any atom is 1.00 e. The Labute approximate surface area is 118 Å². The van der Waals surface area contributed by atoms with Gasteiger partial charge in [-0.2, -0.15) is 5.56 Å². The smallest absolute Gasteiger partial charge is 0.497 e. The summed E-state index contributed by atoms with van der Waals surface area (Å²) in [6.07, 6.45) is 4.94. The molecule has 16 heavy (non-hydrogen) atoms. The van der Waals surface area contributed by atoms with Crippen molar-refractivity contribution >= 4 is 0 Å². The van der Waals surface area contributed by atoms with Gasteiger partial charge in [-0.3, -0.25) is 5.10 Å². The summed E-state index contributed by atoms with van der Waals surface area (Å²) in [6, 6.07) is 7.96. The van der Waals surface area contributed by atoms with Crippen LogP contribution in [0, 0.1) is 13.1 Å².